The third-order valence-corrected chi connectivity index (χ3v) is 2.90. The van der Waals surface area contributed by atoms with Crippen LogP contribution in [0.5, 0.6) is 0 Å². The predicted octanol–water partition coefficient (Wildman–Crippen LogP) is 1.68. The van der Waals surface area contributed by atoms with E-state index in [1.807, 2.05) is 20.2 Å². The summed E-state index contributed by atoms with van der Waals surface area (Å²) < 4.78 is 2.07. The molecule has 1 aromatic rings. The fraction of sp³-hybridized carbons (Fsp3) is 0.615. The number of aryl methyl sites for hydroxylation is 1. The molecule has 1 atom stereocenters. The normalized spacial score (nSPS) is 12.4. The van der Waals surface area contributed by atoms with Crippen LogP contribution in [-0.2, 0) is 11.3 Å². The van der Waals surface area contributed by atoms with Crippen molar-refractivity contribution in [1.29, 1.82) is 0 Å². The van der Waals surface area contributed by atoms with Crippen LogP contribution in [0.15, 0.2) is 18.5 Å². The number of rotatable bonds is 7. The monoisotopic (exact) mass is 237 g/mol. The van der Waals surface area contributed by atoms with Gasteiger partial charge in [0.2, 0.25) is 5.91 Å². The zero-order chi connectivity index (χ0) is 12.7. The number of nitrogens with zero attached hydrogens (tertiary/aromatic N) is 1. The summed E-state index contributed by atoms with van der Waals surface area (Å²) in [6.45, 7) is 5.54. The molecule has 1 rings (SSSR count). The Bertz CT molecular complexity index is 342. The van der Waals surface area contributed by atoms with Crippen LogP contribution in [-0.4, -0.2) is 24.1 Å². The van der Waals surface area contributed by atoms with Gasteiger partial charge in [0.15, 0.2) is 0 Å². The minimum atomic E-state index is 0.114. The number of hydrogen-bond acceptors (Lipinski definition) is 2. The van der Waals surface area contributed by atoms with E-state index in [0.717, 1.165) is 13.0 Å². The van der Waals surface area contributed by atoms with Gasteiger partial charge >= 0.3 is 0 Å². The molecule has 0 aromatic carbocycles. The van der Waals surface area contributed by atoms with E-state index in [4.69, 9.17) is 0 Å². The van der Waals surface area contributed by atoms with Gasteiger partial charge in [-0.25, -0.2) is 0 Å². The van der Waals surface area contributed by atoms with E-state index < -0.39 is 0 Å². The van der Waals surface area contributed by atoms with Crippen LogP contribution in [0.3, 0.4) is 0 Å². The van der Waals surface area contributed by atoms with E-state index in [-0.39, 0.29) is 5.91 Å². The maximum atomic E-state index is 11.3. The number of aromatic nitrogens is 1. The van der Waals surface area contributed by atoms with Gasteiger partial charge in [0, 0.05) is 37.9 Å². The molecule has 0 saturated heterocycles. The fourth-order valence-corrected chi connectivity index (χ4v) is 1.93. The quantitative estimate of drug-likeness (QED) is 0.758. The fourth-order valence-electron chi connectivity index (χ4n) is 1.93. The first-order chi connectivity index (χ1) is 8.21. The first kappa shape index (κ1) is 13.8. The highest BCUT2D eigenvalue weighted by Gasteiger charge is 2.08. The molecule has 0 bridgehead atoms. The Balaban J connectivity index is 2.48. The van der Waals surface area contributed by atoms with Gasteiger partial charge in [-0.1, -0.05) is 6.92 Å². The number of carbonyl (C=O) groups excluding carboxylic acids is 1. The number of nitrogens with one attached hydrogen (secondary N) is 2. The topological polar surface area (TPSA) is 46.1 Å². The minimum Gasteiger partial charge on any atom is -0.356 e. The highest BCUT2D eigenvalue weighted by Crippen LogP contribution is 2.16. The van der Waals surface area contributed by atoms with Crippen LogP contribution in [0.25, 0.3) is 0 Å². The van der Waals surface area contributed by atoms with Gasteiger partial charge in [0.25, 0.3) is 0 Å². The largest absolute Gasteiger partial charge is 0.356 e. The molecule has 1 amide bonds. The van der Waals surface area contributed by atoms with Gasteiger partial charge < -0.3 is 15.2 Å². The van der Waals surface area contributed by atoms with Crippen molar-refractivity contribution in [2.45, 2.75) is 39.3 Å². The molecule has 1 aromatic heterocycles. The zero-order valence-corrected chi connectivity index (χ0v) is 11.0. The highest BCUT2D eigenvalue weighted by atomic mass is 16.1. The lowest BCUT2D eigenvalue weighted by Crippen LogP contribution is -2.23. The maximum absolute atomic E-state index is 11.3. The Morgan fingerprint density at radius 2 is 2.24 bits per heavy atom. The average molecular weight is 237 g/mol. The first-order valence-electron chi connectivity index (χ1n) is 6.30. The Morgan fingerprint density at radius 1 is 1.47 bits per heavy atom. The third-order valence-electron chi connectivity index (χ3n) is 2.90. The summed E-state index contributed by atoms with van der Waals surface area (Å²) in [6, 6.07) is 2.52. The molecule has 0 spiro atoms. The van der Waals surface area contributed by atoms with E-state index in [1.165, 1.54) is 5.56 Å². The van der Waals surface area contributed by atoms with E-state index in [1.54, 1.807) is 0 Å². The van der Waals surface area contributed by atoms with E-state index in [2.05, 4.69) is 34.4 Å². The van der Waals surface area contributed by atoms with Crippen LogP contribution < -0.4 is 10.6 Å². The molecule has 1 heterocycles. The van der Waals surface area contributed by atoms with Gasteiger partial charge in [-0.05, 0) is 32.0 Å². The van der Waals surface area contributed by atoms with Gasteiger partial charge in [-0.2, -0.15) is 0 Å². The van der Waals surface area contributed by atoms with E-state index >= 15 is 0 Å². The summed E-state index contributed by atoms with van der Waals surface area (Å²) in [4.78, 5) is 11.3. The summed E-state index contributed by atoms with van der Waals surface area (Å²) in [6.07, 6.45) is 5.76. The smallest absolute Gasteiger partial charge is 0.221 e. The van der Waals surface area contributed by atoms with Crippen LogP contribution in [0, 0.1) is 0 Å². The molecule has 0 aliphatic carbocycles. The van der Waals surface area contributed by atoms with Crippen molar-refractivity contribution in [3.63, 3.8) is 0 Å². The molecule has 1 unspecified atom stereocenters. The van der Waals surface area contributed by atoms with Crippen molar-refractivity contribution in [3.8, 4) is 0 Å². The summed E-state index contributed by atoms with van der Waals surface area (Å²) in [7, 11) is 1.97. The molecule has 2 N–H and O–H groups in total. The van der Waals surface area contributed by atoms with E-state index in [0.29, 0.717) is 19.0 Å². The summed E-state index contributed by atoms with van der Waals surface area (Å²) in [5, 5.41) is 6.08. The van der Waals surface area contributed by atoms with Crippen molar-refractivity contribution < 1.29 is 4.79 Å². The lowest BCUT2D eigenvalue weighted by molar-refractivity contribution is -0.121. The minimum absolute atomic E-state index is 0.114. The second kappa shape index (κ2) is 7.12. The number of amides is 1. The zero-order valence-electron chi connectivity index (χ0n) is 11.0. The molecule has 96 valence electrons. The standard InChI is InChI=1S/C13H23N3O/c1-4-12(14-3)11-6-8-16(10-11)9-7-13(17)15-5-2/h6,8,10,12,14H,4-5,7,9H2,1-3H3,(H,15,17). The molecule has 0 aliphatic heterocycles. The van der Waals surface area contributed by atoms with Crippen molar-refractivity contribution in [3.05, 3.63) is 24.0 Å². The molecule has 0 fully saturated rings. The lowest BCUT2D eigenvalue weighted by Gasteiger charge is -2.11. The van der Waals surface area contributed by atoms with Crippen LogP contribution in [0.2, 0.25) is 0 Å². The van der Waals surface area contributed by atoms with Crippen molar-refractivity contribution >= 4 is 5.91 Å². The van der Waals surface area contributed by atoms with E-state index in [9.17, 15) is 4.79 Å². The van der Waals surface area contributed by atoms with Crippen molar-refractivity contribution in [1.82, 2.24) is 15.2 Å². The Morgan fingerprint density at radius 3 is 2.82 bits per heavy atom. The summed E-state index contributed by atoms with van der Waals surface area (Å²) in [5.74, 6) is 0.114. The van der Waals surface area contributed by atoms with Crippen molar-refractivity contribution in [2.75, 3.05) is 13.6 Å². The second-order valence-electron chi connectivity index (χ2n) is 4.14. The SMILES string of the molecule is CCNC(=O)CCn1ccc(C(CC)NC)c1. The highest BCUT2D eigenvalue weighted by molar-refractivity contribution is 5.75. The molecular weight excluding hydrogens is 214 g/mol. The van der Waals surface area contributed by atoms with Crippen LogP contribution >= 0.6 is 0 Å². The van der Waals surface area contributed by atoms with Gasteiger partial charge in [0.1, 0.15) is 0 Å². The molecule has 4 nitrogen and oxygen atoms in total. The summed E-state index contributed by atoms with van der Waals surface area (Å²) in [5.41, 5.74) is 1.28. The van der Waals surface area contributed by atoms with Gasteiger partial charge in [0.05, 0.1) is 0 Å². The third kappa shape index (κ3) is 4.23. The maximum Gasteiger partial charge on any atom is 0.221 e. The molecular formula is C13H23N3O. The molecule has 0 saturated carbocycles. The van der Waals surface area contributed by atoms with Crippen LogP contribution in [0.1, 0.15) is 38.3 Å². The predicted molar refractivity (Wildman–Crippen MR) is 69.8 cm³/mol. The molecule has 0 aliphatic rings. The average Bonchev–Trinajstić information content (AvgIpc) is 2.77. The number of hydrogen-bond donors (Lipinski definition) is 2. The number of carbonyl (C=O) groups is 1. The first-order valence-corrected chi connectivity index (χ1v) is 6.30. The molecule has 0 radical (unpaired) electrons. The summed E-state index contributed by atoms with van der Waals surface area (Å²) >= 11 is 0. The Hall–Kier alpha value is -1.29. The van der Waals surface area contributed by atoms with Crippen LogP contribution in [0.4, 0.5) is 0 Å². The van der Waals surface area contributed by atoms with Gasteiger partial charge in [-0.3, -0.25) is 4.79 Å². The molecule has 4 heteroatoms. The Labute approximate surface area is 103 Å². The lowest BCUT2D eigenvalue weighted by atomic mass is 10.1. The molecule has 17 heavy (non-hydrogen) atoms. The second-order valence-corrected chi connectivity index (χ2v) is 4.14. The Kier molecular flexibility index (Phi) is 5.77. The van der Waals surface area contributed by atoms with Crippen molar-refractivity contribution in [2.24, 2.45) is 0 Å². The van der Waals surface area contributed by atoms with Gasteiger partial charge in [-0.15, -0.1) is 0 Å².